The predicted octanol–water partition coefficient (Wildman–Crippen LogP) is 20.7. The van der Waals surface area contributed by atoms with Crippen molar-refractivity contribution in [3.8, 4) is 46.0 Å². The van der Waals surface area contributed by atoms with Gasteiger partial charge in [-0.2, -0.15) is 13.2 Å². The first-order chi connectivity index (χ1) is 58.6. The van der Waals surface area contributed by atoms with Gasteiger partial charge in [0.15, 0.2) is 0 Å². The molecule has 11 aromatic rings. The summed E-state index contributed by atoms with van der Waals surface area (Å²) in [5, 5.41) is 7.99. The number of nitrogens with one attached hydrogen (secondary N) is 2. The molecule has 2 aliphatic carbocycles. The third-order valence-corrected chi connectivity index (χ3v) is 25.4. The minimum absolute atomic E-state index is 0.000272. The number of benzene rings is 11. The minimum Gasteiger partial charge on any atom is -0.457 e. The molecule has 6 aliphatic heterocycles. The largest absolute Gasteiger partial charge is 0.457 e. The van der Waals surface area contributed by atoms with Crippen LogP contribution in [0, 0.1) is 39.5 Å². The molecule has 2 N–H and O–H groups in total. The fraction of sp³-hybridized carbons (Fsp3) is 0.367. The van der Waals surface area contributed by atoms with Gasteiger partial charge in [-0.25, -0.2) is 0 Å². The Hall–Kier alpha value is -11.6. The van der Waals surface area contributed by atoms with Gasteiger partial charge in [0.05, 0.1) is 90.9 Å². The van der Waals surface area contributed by atoms with Crippen LogP contribution in [0.4, 0.5) is 35.9 Å². The maximum atomic E-state index is 16.9. The van der Waals surface area contributed by atoms with Crippen LogP contribution in [0.15, 0.2) is 170 Å². The van der Waals surface area contributed by atoms with E-state index < -0.39 is 72.2 Å². The summed E-state index contributed by atoms with van der Waals surface area (Å²) in [7, 11) is 0. The van der Waals surface area contributed by atoms with E-state index in [1.54, 1.807) is 84.6 Å². The van der Waals surface area contributed by atoms with Crippen LogP contribution in [-0.2, 0) is 28.5 Å². The van der Waals surface area contributed by atoms with E-state index in [1.807, 2.05) is 113 Å². The number of aryl methyl sites for hydroxylation is 4. The standard InChI is InChI=1S/C98H95F3N6O14/c1-6-78(96(112)105(64-17-9-13-60(41-64)102-48-72-52-116-72)65-18-10-14-61(42-65)103-49-73-53-117-73)106-92(108)74-43-80(118-66-29-19-54(2)20-30-66)86-88-82(120-68-33-23-56(4)24-34-68)45-76-85-77(46-83(121-69-35-25-57(5)26-36-69)89(91(85)88)87-81(119-67-31-21-55(3)22-32-67)44-75(93(106)109)84(74)90(86)87)95(111)107(94(76)110)79(47-98(99,100)101)97(113)104(62-15-7-11-58(39-62)27-37-70-50-114-70)63-16-8-12-59(40-63)28-38-71-51-115-71/h9-10,13-14,17-26,29-36,41-46,58-59,62-63,70-73,78-79,102-103H,6-8,11-12,15-16,27-28,37-40,47-53H2,1-5H3. The van der Waals surface area contributed by atoms with E-state index in [0.29, 0.717) is 104 Å². The van der Waals surface area contributed by atoms with Gasteiger partial charge in [0.2, 0.25) is 5.91 Å². The molecular weight excluding hydrogens is 1540 g/mol. The number of imide groups is 2. The van der Waals surface area contributed by atoms with Crippen LogP contribution in [0.25, 0.3) is 43.1 Å². The fourth-order valence-corrected chi connectivity index (χ4v) is 18.9. The molecule has 6 amide bonds. The number of halogens is 3. The average Bonchev–Trinajstić information content (AvgIpc) is 1.22. The summed E-state index contributed by atoms with van der Waals surface area (Å²) in [6, 6.07) is 44.5. The Balaban J connectivity index is 0.848. The summed E-state index contributed by atoms with van der Waals surface area (Å²) in [5.74, 6) is -4.35. The highest BCUT2D eigenvalue weighted by Crippen LogP contribution is 2.59. The number of hydrogen-bond acceptors (Lipinski definition) is 16. The molecule has 20 nitrogen and oxygen atoms in total. The first kappa shape index (κ1) is 79.2. The van der Waals surface area contributed by atoms with Crippen molar-refractivity contribution in [3.63, 3.8) is 0 Å². The second-order valence-corrected chi connectivity index (χ2v) is 34.2. The Morgan fingerprint density at radius 2 is 0.769 bits per heavy atom. The number of anilines is 4. The molecule has 6 fully saturated rings. The number of alkyl halides is 3. The topological polar surface area (TPSA) is 226 Å². The van der Waals surface area contributed by atoms with Crippen LogP contribution >= 0.6 is 0 Å². The Morgan fingerprint density at radius 1 is 0.430 bits per heavy atom. The summed E-state index contributed by atoms with van der Waals surface area (Å²) in [5.41, 5.74) is 5.14. The zero-order valence-electron chi connectivity index (χ0n) is 68.2. The summed E-state index contributed by atoms with van der Waals surface area (Å²) >= 11 is 0. The van der Waals surface area contributed by atoms with Gasteiger partial charge in [0.1, 0.15) is 58.1 Å². The van der Waals surface area contributed by atoms with E-state index in [0.717, 1.165) is 78.5 Å². The lowest BCUT2D eigenvalue weighted by molar-refractivity contribution is -0.163. The number of nitrogens with zero attached hydrogens (tertiary/aromatic N) is 4. The van der Waals surface area contributed by atoms with Gasteiger partial charge in [-0.05, 0) is 207 Å². The molecule has 0 spiro atoms. The first-order valence-corrected chi connectivity index (χ1v) is 42.6. The maximum Gasteiger partial charge on any atom is 0.391 e. The van der Waals surface area contributed by atoms with Crippen molar-refractivity contribution in [2.45, 2.75) is 179 Å². The average molecular weight is 1640 g/mol. The van der Waals surface area contributed by atoms with E-state index in [1.165, 1.54) is 17.0 Å². The zero-order chi connectivity index (χ0) is 83.2. The third kappa shape index (κ3) is 16.2. The third-order valence-electron chi connectivity index (χ3n) is 25.4. The van der Waals surface area contributed by atoms with E-state index >= 15 is 41.9 Å². The molecule has 10 atom stereocenters. The second kappa shape index (κ2) is 32.4. The van der Waals surface area contributed by atoms with Gasteiger partial charge in [-0.3, -0.25) is 43.5 Å². The van der Waals surface area contributed by atoms with Crippen LogP contribution in [0.1, 0.15) is 161 Å². The monoisotopic (exact) mass is 1640 g/mol. The number of hydrogen-bond donors (Lipinski definition) is 2. The minimum atomic E-state index is -5.10. The van der Waals surface area contributed by atoms with E-state index in [2.05, 4.69) is 10.6 Å². The molecule has 23 heteroatoms. The van der Waals surface area contributed by atoms with Crippen LogP contribution < -0.4 is 34.5 Å². The zero-order valence-corrected chi connectivity index (χ0v) is 68.2. The molecule has 4 saturated heterocycles. The highest BCUT2D eigenvalue weighted by molar-refractivity contribution is 6.45. The SMILES string of the molecule is CCC(C(=O)N(c1cccc(NCC2CO2)c1)c1cccc(NCC2CO2)c1)N1C(=O)c2cc(Oc3ccc(C)cc3)c3c4c(Oc5ccc(C)cc5)cc5c6c(cc(Oc7ccc(C)cc7)c(c7c(Oc8ccc(C)cc8)cc(c2c37)C1=O)c64)C(=O)N(C(CC(F)(F)F)C(=O)N(C1CCCC(CCC2CO2)C1)C1CCCC(CCC2CO2)C1)C5=O. The van der Waals surface area contributed by atoms with Gasteiger partial charge < -0.3 is 53.4 Å². The quantitative estimate of drug-likeness (QED) is 0.0185. The van der Waals surface area contributed by atoms with Crippen LogP contribution in [-0.4, -0.2) is 144 Å². The van der Waals surface area contributed by atoms with Crippen molar-refractivity contribution >= 4 is 101 Å². The molecule has 2 saturated carbocycles. The second-order valence-electron chi connectivity index (χ2n) is 34.2. The van der Waals surface area contributed by atoms with Crippen LogP contribution in [0.2, 0.25) is 0 Å². The van der Waals surface area contributed by atoms with Crippen molar-refractivity contribution in [1.29, 1.82) is 0 Å². The Labute approximate surface area is 698 Å². The van der Waals surface area contributed by atoms with Crippen molar-refractivity contribution in [1.82, 2.24) is 14.7 Å². The molecule has 0 radical (unpaired) electrons. The molecule has 0 aromatic heterocycles. The van der Waals surface area contributed by atoms with Crippen molar-refractivity contribution in [3.05, 3.63) is 214 Å². The molecule has 622 valence electrons. The Kier molecular flexibility index (Phi) is 21.2. The van der Waals surface area contributed by atoms with E-state index in [4.69, 9.17) is 37.9 Å². The number of epoxide rings is 4. The predicted molar refractivity (Wildman–Crippen MR) is 455 cm³/mol. The molecule has 8 aliphatic rings. The van der Waals surface area contributed by atoms with Gasteiger partial charge in [-0.15, -0.1) is 0 Å². The lowest BCUT2D eigenvalue weighted by atomic mass is 9.78. The molecule has 121 heavy (non-hydrogen) atoms. The number of fused-ring (bicyclic) bond motifs is 2. The Morgan fingerprint density at radius 3 is 1.09 bits per heavy atom. The smallest absolute Gasteiger partial charge is 0.391 e. The lowest BCUT2D eigenvalue weighted by Crippen LogP contribution is -2.60. The van der Waals surface area contributed by atoms with Crippen molar-refractivity contribution < 1.29 is 79.8 Å². The maximum absolute atomic E-state index is 16.9. The normalized spacial score (nSPS) is 21.5. The molecule has 0 bridgehead atoms. The van der Waals surface area contributed by atoms with Crippen LogP contribution in [0.3, 0.4) is 0 Å². The van der Waals surface area contributed by atoms with Crippen LogP contribution in [0.5, 0.6) is 46.0 Å². The molecule has 19 rings (SSSR count). The van der Waals surface area contributed by atoms with Gasteiger partial charge in [0.25, 0.3) is 29.5 Å². The molecular formula is C98H95F3N6O14. The highest BCUT2D eigenvalue weighted by Gasteiger charge is 2.52. The fourth-order valence-electron chi connectivity index (χ4n) is 18.9. The number of carbonyl (C=O) groups is 6. The molecule has 6 heterocycles. The number of rotatable bonds is 30. The van der Waals surface area contributed by atoms with Gasteiger partial charge in [0, 0.05) is 79.6 Å². The first-order valence-electron chi connectivity index (χ1n) is 42.6. The summed E-state index contributed by atoms with van der Waals surface area (Å²) in [6.07, 6.45) is 2.04. The van der Waals surface area contributed by atoms with Gasteiger partial charge in [-0.1, -0.05) is 116 Å². The number of ether oxygens (including phenoxy) is 8. The molecule has 10 unspecified atom stereocenters. The summed E-state index contributed by atoms with van der Waals surface area (Å²) in [4.78, 5) is 106. The molecule has 11 aromatic carbocycles. The van der Waals surface area contributed by atoms with Crippen molar-refractivity contribution in [2.75, 3.05) is 55.1 Å². The Bertz CT molecular complexity index is 5570. The summed E-state index contributed by atoms with van der Waals surface area (Å²) < 4.78 is 100. The van der Waals surface area contributed by atoms with Crippen molar-refractivity contribution in [2.24, 2.45) is 11.8 Å². The van der Waals surface area contributed by atoms with E-state index in [9.17, 15) is 0 Å². The highest BCUT2D eigenvalue weighted by atomic mass is 19.4. The lowest BCUT2D eigenvalue weighted by Gasteiger charge is -2.47. The number of amides is 6. The number of carbonyl (C=O) groups excluding carboxylic acids is 6. The van der Waals surface area contributed by atoms with E-state index in [-0.39, 0.29) is 143 Å². The summed E-state index contributed by atoms with van der Waals surface area (Å²) in [6.45, 7) is 13.0. The van der Waals surface area contributed by atoms with Gasteiger partial charge >= 0.3 is 6.18 Å².